The largest absolute Gasteiger partial charge is 0.452 e. The lowest BCUT2D eigenvalue weighted by molar-refractivity contribution is 0.0731. The van der Waals surface area contributed by atoms with E-state index in [0.29, 0.717) is 21.6 Å². The van der Waals surface area contributed by atoms with Gasteiger partial charge in [-0.1, -0.05) is 23.7 Å². The highest BCUT2D eigenvalue weighted by molar-refractivity contribution is 6.30. The monoisotopic (exact) mass is 377 g/mol. The molecular weight excluding hydrogens is 366 g/mol. The quantitative estimate of drug-likeness (QED) is 0.483. The smallest absolute Gasteiger partial charge is 0.345 e. The van der Waals surface area contributed by atoms with Crippen molar-refractivity contribution in [1.82, 2.24) is 4.98 Å². The Morgan fingerprint density at radius 3 is 2.52 bits per heavy atom. The molecule has 0 spiro atoms. The van der Waals surface area contributed by atoms with Crippen molar-refractivity contribution in [3.8, 4) is 17.1 Å². The number of ether oxygens (including phenoxy) is 1. The zero-order chi connectivity index (χ0) is 18.8. The molecule has 2 aromatic carbocycles. The summed E-state index contributed by atoms with van der Waals surface area (Å²) in [7, 11) is 0. The Morgan fingerprint density at radius 1 is 1.00 bits per heavy atom. The van der Waals surface area contributed by atoms with Crippen LogP contribution < -0.4 is 10.2 Å². The van der Waals surface area contributed by atoms with Crippen LogP contribution in [0, 0.1) is 0 Å². The fourth-order valence-electron chi connectivity index (χ4n) is 2.64. The number of para-hydroxylation sites is 1. The molecule has 0 saturated heterocycles. The molecule has 0 unspecified atom stereocenters. The molecular formula is C21H12ClNO4. The first kappa shape index (κ1) is 17.0. The molecule has 4 rings (SSSR count). The van der Waals surface area contributed by atoms with E-state index in [4.69, 9.17) is 20.8 Å². The molecule has 132 valence electrons. The van der Waals surface area contributed by atoms with Crippen LogP contribution in [-0.2, 0) is 0 Å². The zero-order valence-corrected chi connectivity index (χ0v) is 14.6. The van der Waals surface area contributed by atoms with E-state index in [0.717, 1.165) is 0 Å². The third-order valence-electron chi connectivity index (χ3n) is 3.95. The molecule has 5 nitrogen and oxygen atoms in total. The highest BCUT2D eigenvalue weighted by atomic mass is 35.5. The molecule has 0 aliphatic heterocycles. The molecule has 0 aliphatic carbocycles. The molecule has 0 saturated carbocycles. The number of carbonyl (C=O) groups is 1. The van der Waals surface area contributed by atoms with Crippen molar-refractivity contribution in [2.75, 3.05) is 0 Å². The number of hydrogen-bond donors (Lipinski definition) is 0. The van der Waals surface area contributed by atoms with Crippen molar-refractivity contribution in [2.24, 2.45) is 0 Å². The summed E-state index contributed by atoms with van der Waals surface area (Å²) in [4.78, 5) is 29.3. The van der Waals surface area contributed by atoms with Crippen LogP contribution >= 0.6 is 11.6 Å². The minimum absolute atomic E-state index is 0.160. The predicted octanol–water partition coefficient (Wildman–Crippen LogP) is 4.73. The van der Waals surface area contributed by atoms with E-state index in [9.17, 15) is 9.59 Å². The number of esters is 1. The second-order valence-corrected chi connectivity index (χ2v) is 6.16. The van der Waals surface area contributed by atoms with E-state index < -0.39 is 11.4 Å². The SMILES string of the molecule is O=C(Oc1c(-c2ccc(Cl)cc2)oc2ccccc2c1=O)c1cccnc1. The van der Waals surface area contributed by atoms with Gasteiger partial charge < -0.3 is 9.15 Å². The van der Waals surface area contributed by atoms with Gasteiger partial charge in [-0.15, -0.1) is 0 Å². The van der Waals surface area contributed by atoms with Gasteiger partial charge >= 0.3 is 5.97 Å². The summed E-state index contributed by atoms with van der Waals surface area (Å²) >= 11 is 5.94. The number of fused-ring (bicyclic) bond motifs is 1. The molecule has 2 heterocycles. The summed E-state index contributed by atoms with van der Waals surface area (Å²) in [6.45, 7) is 0. The summed E-state index contributed by atoms with van der Waals surface area (Å²) < 4.78 is 11.3. The molecule has 0 atom stereocenters. The Balaban J connectivity index is 1.90. The van der Waals surface area contributed by atoms with Crippen LogP contribution in [0.4, 0.5) is 0 Å². The second kappa shape index (κ2) is 7.05. The van der Waals surface area contributed by atoms with Gasteiger partial charge in [-0.25, -0.2) is 4.79 Å². The van der Waals surface area contributed by atoms with Crippen molar-refractivity contribution in [3.05, 3.63) is 93.9 Å². The van der Waals surface area contributed by atoms with Crippen LogP contribution in [0.5, 0.6) is 5.75 Å². The van der Waals surface area contributed by atoms with Crippen molar-refractivity contribution < 1.29 is 13.9 Å². The van der Waals surface area contributed by atoms with Crippen LogP contribution in [0.3, 0.4) is 0 Å². The van der Waals surface area contributed by atoms with Gasteiger partial charge in [0.1, 0.15) is 5.58 Å². The van der Waals surface area contributed by atoms with Crippen molar-refractivity contribution in [2.45, 2.75) is 0 Å². The Morgan fingerprint density at radius 2 is 1.78 bits per heavy atom. The Kier molecular flexibility index (Phi) is 4.44. The number of rotatable bonds is 3. The molecule has 27 heavy (non-hydrogen) atoms. The lowest BCUT2D eigenvalue weighted by atomic mass is 10.1. The Hall–Kier alpha value is -3.44. The molecule has 0 radical (unpaired) electrons. The standard InChI is InChI=1S/C21H12ClNO4/c22-15-9-7-13(8-10-15)19-20(27-21(25)14-4-3-11-23-12-14)18(24)16-5-1-2-6-17(16)26-19/h1-12H. The van der Waals surface area contributed by atoms with Crippen LogP contribution in [0.1, 0.15) is 10.4 Å². The van der Waals surface area contributed by atoms with Crippen LogP contribution in [0.2, 0.25) is 5.02 Å². The predicted molar refractivity (Wildman–Crippen MR) is 102 cm³/mol. The minimum Gasteiger partial charge on any atom is -0.452 e. The Bertz CT molecular complexity index is 1180. The van der Waals surface area contributed by atoms with Gasteiger partial charge in [0.05, 0.1) is 10.9 Å². The molecule has 0 bridgehead atoms. The molecule has 2 aromatic heterocycles. The minimum atomic E-state index is -0.694. The van der Waals surface area contributed by atoms with Gasteiger partial charge in [-0.3, -0.25) is 9.78 Å². The van der Waals surface area contributed by atoms with E-state index in [1.165, 1.54) is 6.20 Å². The second-order valence-electron chi connectivity index (χ2n) is 5.72. The molecule has 0 fully saturated rings. The third-order valence-corrected chi connectivity index (χ3v) is 4.21. The summed E-state index contributed by atoms with van der Waals surface area (Å²) in [6, 6.07) is 16.7. The lowest BCUT2D eigenvalue weighted by Gasteiger charge is -2.10. The van der Waals surface area contributed by atoms with Gasteiger partial charge in [0, 0.05) is 23.0 Å². The number of aromatic nitrogens is 1. The molecule has 4 aromatic rings. The summed E-state index contributed by atoms with van der Waals surface area (Å²) in [6.07, 6.45) is 2.91. The van der Waals surface area contributed by atoms with E-state index in [-0.39, 0.29) is 17.1 Å². The van der Waals surface area contributed by atoms with Gasteiger partial charge in [0.15, 0.2) is 5.76 Å². The zero-order valence-electron chi connectivity index (χ0n) is 13.9. The van der Waals surface area contributed by atoms with E-state index in [1.807, 2.05) is 0 Å². The average Bonchev–Trinajstić information content (AvgIpc) is 2.71. The third kappa shape index (κ3) is 3.32. The first-order valence-electron chi connectivity index (χ1n) is 8.07. The fraction of sp³-hybridized carbons (Fsp3) is 0. The first-order valence-corrected chi connectivity index (χ1v) is 8.45. The maximum absolute atomic E-state index is 13.0. The Labute approximate surface area is 158 Å². The van der Waals surface area contributed by atoms with Gasteiger partial charge in [-0.2, -0.15) is 0 Å². The topological polar surface area (TPSA) is 69.4 Å². The summed E-state index contributed by atoms with van der Waals surface area (Å²) in [5.41, 5.74) is 0.760. The number of carbonyl (C=O) groups excluding carboxylic acids is 1. The maximum Gasteiger partial charge on any atom is 0.345 e. The number of benzene rings is 2. The average molecular weight is 378 g/mol. The molecule has 6 heteroatoms. The van der Waals surface area contributed by atoms with Crippen LogP contribution in [0.15, 0.2) is 82.3 Å². The van der Waals surface area contributed by atoms with Gasteiger partial charge in [0.25, 0.3) is 0 Å². The van der Waals surface area contributed by atoms with Gasteiger partial charge in [0.2, 0.25) is 11.2 Å². The lowest BCUT2D eigenvalue weighted by Crippen LogP contribution is -2.16. The normalized spacial score (nSPS) is 10.7. The maximum atomic E-state index is 13.0. The summed E-state index contributed by atoms with van der Waals surface area (Å²) in [5, 5.41) is 0.861. The molecule has 0 N–H and O–H groups in total. The van der Waals surface area contributed by atoms with Crippen molar-refractivity contribution in [1.29, 1.82) is 0 Å². The van der Waals surface area contributed by atoms with E-state index in [2.05, 4.69) is 4.98 Å². The van der Waals surface area contributed by atoms with E-state index in [1.54, 1.807) is 66.9 Å². The molecule has 0 amide bonds. The van der Waals surface area contributed by atoms with Gasteiger partial charge in [-0.05, 0) is 48.5 Å². The molecule has 0 aliphatic rings. The van der Waals surface area contributed by atoms with Crippen molar-refractivity contribution >= 4 is 28.5 Å². The van der Waals surface area contributed by atoms with Crippen molar-refractivity contribution in [3.63, 3.8) is 0 Å². The highest BCUT2D eigenvalue weighted by Crippen LogP contribution is 2.32. The number of pyridine rings is 1. The fourth-order valence-corrected chi connectivity index (χ4v) is 2.77. The van der Waals surface area contributed by atoms with Crippen LogP contribution in [0.25, 0.3) is 22.3 Å². The number of nitrogens with zero attached hydrogens (tertiary/aromatic N) is 1. The summed E-state index contributed by atoms with van der Waals surface area (Å²) in [5.74, 6) is -0.710. The number of halogens is 1. The van der Waals surface area contributed by atoms with E-state index >= 15 is 0 Å². The first-order chi connectivity index (χ1) is 13.1. The number of hydrogen-bond acceptors (Lipinski definition) is 5. The van der Waals surface area contributed by atoms with Crippen LogP contribution in [-0.4, -0.2) is 11.0 Å². The highest BCUT2D eigenvalue weighted by Gasteiger charge is 2.21.